The number of carbonyl (C=O) groups is 2. The summed E-state index contributed by atoms with van der Waals surface area (Å²) in [7, 11) is 0. The minimum absolute atomic E-state index is 0.0326. The first-order valence-corrected chi connectivity index (χ1v) is 11.4. The Morgan fingerprint density at radius 2 is 1.76 bits per heavy atom. The van der Waals surface area contributed by atoms with Crippen molar-refractivity contribution in [1.29, 1.82) is 0 Å². The van der Waals surface area contributed by atoms with Crippen LogP contribution in [0.4, 0.5) is 5.69 Å². The third-order valence-electron chi connectivity index (χ3n) is 6.58. The third kappa shape index (κ3) is 5.10. The van der Waals surface area contributed by atoms with E-state index in [1.165, 1.54) is 24.9 Å². The van der Waals surface area contributed by atoms with Gasteiger partial charge in [-0.2, -0.15) is 0 Å². The van der Waals surface area contributed by atoms with E-state index in [2.05, 4.69) is 27.7 Å². The molecule has 29 heavy (non-hydrogen) atoms. The van der Waals surface area contributed by atoms with Gasteiger partial charge in [-0.05, 0) is 81.7 Å². The molecule has 0 saturated carbocycles. The monoisotopic (exact) mass is 398 g/mol. The van der Waals surface area contributed by atoms with Crippen LogP contribution in [0.15, 0.2) is 24.3 Å². The van der Waals surface area contributed by atoms with Crippen LogP contribution in [-0.2, 0) is 4.79 Å². The average molecular weight is 399 g/mol. The number of likely N-dealkylation sites (tertiary alicyclic amines) is 1. The Morgan fingerprint density at radius 3 is 2.48 bits per heavy atom. The van der Waals surface area contributed by atoms with Crippen LogP contribution in [0.1, 0.15) is 55.3 Å². The summed E-state index contributed by atoms with van der Waals surface area (Å²) >= 11 is 0. The molecule has 2 amide bonds. The molecular formula is C23H34N4O2. The fraction of sp³-hybridized carbons (Fsp3) is 0.652. The number of nitrogens with zero attached hydrogens (tertiary/aromatic N) is 2. The molecule has 3 saturated heterocycles. The predicted octanol–water partition coefficient (Wildman–Crippen LogP) is 2.40. The number of carbonyl (C=O) groups excluding carboxylic acids is 2. The zero-order valence-electron chi connectivity index (χ0n) is 17.4. The van der Waals surface area contributed by atoms with E-state index in [0.717, 1.165) is 64.0 Å². The minimum Gasteiger partial charge on any atom is -0.372 e. The molecule has 3 aliphatic heterocycles. The summed E-state index contributed by atoms with van der Waals surface area (Å²) in [6.45, 7) is 5.36. The van der Waals surface area contributed by atoms with Crippen molar-refractivity contribution in [3.8, 4) is 0 Å². The maximum Gasteiger partial charge on any atom is 0.253 e. The quantitative estimate of drug-likeness (QED) is 0.799. The van der Waals surface area contributed by atoms with Gasteiger partial charge in [0.1, 0.15) is 0 Å². The maximum absolute atomic E-state index is 13.0. The van der Waals surface area contributed by atoms with Gasteiger partial charge in [-0.15, -0.1) is 0 Å². The number of hydrogen-bond acceptors (Lipinski definition) is 4. The molecule has 0 aromatic heterocycles. The Bertz CT molecular complexity index is 693. The molecule has 3 aliphatic rings. The molecule has 3 fully saturated rings. The molecular weight excluding hydrogens is 364 g/mol. The van der Waals surface area contributed by atoms with E-state index in [4.69, 9.17) is 0 Å². The summed E-state index contributed by atoms with van der Waals surface area (Å²) in [5.74, 6) is 0.564. The number of piperidine rings is 2. The fourth-order valence-corrected chi connectivity index (χ4v) is 4.84. The third-order valence-corrected chi connectivity index (χ3v) is 6.58. The Balaban J connectivity index is 1.29. The van der Waals surface area contributed by atoms with E-state index in [1.54, 1.807) is 0 Å². The molecule has 1 aromatic carbocycles. The number of amides is 2. The second kappa shape index (κ2) is 9.61. The molecule has 2 atom stereocenters. The van der Waals surface area contributed by atoms with Crippen molar-refractivity contribution in [3.05, 3.63) is 29.8 Å². The molecule has 2 unspecified atom stereocenters. The number of nitrogens with one attached hydrogen (secondary N) is 2. The Labute approximate surface area is 174 Å². The predicted molar refractivity (Wildman–Crippen MR) is 115 cm³/mol. The molecule has 1 aromatic rings. The van der Waals surface area contributed by atoms with Gasteiger partial charge in [0.15, 0.2) is 0 Å². The van der Waals surface area contributed by atoms with Crippen molar-refractivity contribution in [1.82, 2.24) is 15.5 Å². The molecule has 6 nitrogen and oxygen atoms in total. The van der Waals surface area contributed by atoms with Crippen LogP contribution >= 0.6 is 0 Å². The van der Waals surface area contributed by atoms with E-state index < -0.39 is 0 Å². The van der Waals surface area contributed by atoms with Crippen LogP contribution in [-0.4, -0.2) is 62.0 Å². The van der Waals surface area contributed by atoms with Gasteiger partial charge in [0.05, 0.1) is 6.04 Å². The molecule has 0 spiro atoms. The number of anilines is 1. The minimum atomic E-state index is -0.0326. The SMILES string of the molecule is O=C(NCC1CCCN(C(=O)c2ccc(N3CCCCC3)cc2)C1)C1CCCN1. The largest absolute Gasteiger partial charge is 0.372 e. The molecule has 0 bridgehead atoms. The standard InChI is InChI=1S/C23H34N4O2/c28-22(21-7-4-12-24-21)25-16-18-6-5-15-27(17-18)23(29)19-8-10-20(11-9-19)26-13-2-1-3-14-26/h8-11,18,21,24H,1-7,12-17H2,(H,25,28). The van der Waals surface area contributed by atoms with E-state index in [-0.39, 0.29) is 17.9 Å². The van der Waals surface area contributed by atoms with Crippen LogP contribution in [0.3, 0.4) is 0 Å². The number of hydrogen-bond donors (Lipinski definition) is 2. The zero-order chi connectivity index (χ0) is 20.1. The topological polar surface area (TPSA) is 64.7 Å². The average Bonchev–Trinajstić information content (AvgIpc) is 3.33. The smallest absolute Gasteiger partial charge is 0.253 e. The van der Waals surface area contributed by atoms with Crippen LogP contribution in [0.5, 0.6) is 0 Å². The lowest BCUT2D eigenvalue weighted by Gasteiger charge is -2.33. The van der Waals surface area contributed by atoms with E-state index in [1.807, 2.05) is 17.0 Å². The van der Waals surface area contributed by atoms with Crippen LogP contribution < -0.4 is 15.5 Å². The lowest BCUT2D eigenvalue weighted by atomic mass is 9.97. The van der Waals surface area contributed by atoms with Crippen LogP contribution in [0, 0.1) is 5.92 Å². The van der Waals surface area contributed by atoms with Crippen molar-refractivity contribution < 1.29 is 9.59 Å². The first-order valence-electron chi connectivity index (χ1n) is 11.4. The summed E-state index contributed by atoms with van der Waals surface area (Å²) < 4.78 is 0. The van der Waals surface area contributed by atoms with Crippen molar-refractivity contribution in [2.24, 2.45) is 5.92 Å². The van der Waals surface area contributed by atoms with Gasteiger partial charge in [0, 0.05) is 44.0 Å². The number of rotatable bonds is 5. The lowest BCUT2D eigenvalue weighted by Crippen LogP contribution is -2.46. The Morgan fingerprint density at radius 1 is 0.966 bits per heavy atom. The van der Waals surface area contributed by atoms with E-state index in [0.29, 0.717) is 12.5 Å². The Kier molecular flexibility index (Phi) is 6.70. The highest BCUT2D eigenvalue weighted by Crippen LogP contribution is 2.22. The van der Waals surface area contributed by atoms with Crippen molar-refractivity contribution in [2.45, 2.75) is 51.0 Å². The molecule has 3 heterocycles. The molecule has 2 N–H and O–H groups in total. The van der Waals surface area contributed by atoms with Crippen LogP contribution in [0.2, 0.25) is 0 Å². The normalized spacial score (nSPS) is 25.1. The zero-order valence-corrected chi connectivity index (χ0v) is 17.4. The molecule has 4 rings (SSSR count). The second-order valence-corrected chi connectivity index (χ2v) is 8.75. The summed E-state index contributed by atoms with van der Waals surface area (Å²) in [4.78, 5) is 29.6. The molecule has 6 heteroatoms. The highest BCUT2D eigenvalue weighted by Gasteiger charge is 2.27. The van der Waals surface area contributed by atoms with Gasteiger partial charge in [0.2, 0.25) is 5.91 Å². The van der Waals surface area contributed by atoms with Crippen LogP contribution in [0.25, 0.3) is 0 Å². The van der Waals surface area contributed by atoms with Crippen molar-refractivity contribution in [3.63, 3.8) is 0 Å². The van der Waals surface area contributed by atoms with Gasteiger partial charge < -0.3 is 20.4 Å². The van der Waals surface area contributed by atoms with Crippen molar-refractivity contribution >= 4 is 17.5 Å². The highest BCUT2D eigenvalue weighted by molar-refractivity contribution is 5.94. The van der Waals surface area contributed by atoms with Gasteiger partial charge in [-0.1, -0.05) is 0 Å². The maximum atomic E-state index is 13.0. The Hall–Kier alpha value is -2.08. The molecule has 158 valence electrons. The van der Waals surface area contributed by atoms with Gasteiger partial charge in [-0.3, -0.25) is 9.59 Å². The fourth-order valence-electron chi connectivity index (χ4n) is 4.84. The first-order chi connectivity index (χ1) is 14.2. The van der Waals surface area contributed by atoms with Gasteiger partial charge in [0.25, 0.3) is 5.91 Å². The first kappa shape index (κ1) is 20.2. The highest BCUT2D eigenvalue weighted by atomic mass is 16.2. The number of benzene rings is 1. The van der Waals surface area contributed by atoms with Crippen molar-refractivity contribution in [2.75, 3.05) is 44.2 Å². The second-order valence-electron chi connectivity index (χ2n) is 8.75. The van der Waals surface area contributed by atoms with E-state index in [9.17, 15) is 9.59 Å². The molecule has 0 radical (unpaired) electrons. The summed E-state index contributed by atoms with van der Waals surface area (Å²) in [6, 6.07) is 8.10. The van der Waals surface area contributed by atoms with Gasteiger partial charge in [-0.25, -0.2) is 0 Å². The summed E-state index contributed by atoms with van der Waals surface area (Å²) in [5, 5.41) is 6.33. The lowest BCUT2D eigenvalue weighted by molar-refractivity contribution is -0.123. The molecule has 0 aliphatic carbocycles. The summed E-state index contributed by atoms with van der Waals surface area (Å²) in [6.07, 6.45) is 7.89. The summed E-state index contributed by atoms with van der Waals surface area (Å²) in [5.41, 5.74) is 1.99. The van der Waals surface area contributed by atoms with E-state index >= 15 is 0 Å². The van der Waals surface area contributed by atoms with Gasteiger partial charge >= 0.3 is 0 Å².